The van der Waals surface area contributed by atoms with Crippen LogP contribution in [0.1, 0.15) is 57.1 Å². The van der Waals surface area contributed by atoms with Gasteiger partial charge in [0.2, 0.25) is 11.8 Å². The molecule has 3 heterocycles. The second-order valence-corrected chi connectivity index (χ2v) is 7.92. The minimum atomic E-state index is -0.0598. The number of hydrogen-bond donors (Lipinski definition) is 1. The molecule has 8 heteroatoms. The standard InChI is InChI=1S/C20H28N6O2/c1-14(27)21-10-12-26-19-18(22-8-9-23-19)17(24-26)16-7-11-25(13-16)20(28)15-5-3-2-4-6-15/h8-9,15-16H,2-7,10-13H2,1H3,(H,21,27)/t16-/m0/s1. The average Bonchev–Trinajstić information content (AvgIpc) is 3.33. The number of fused-ring (bicyclic) bond motifs is 1. The summed E-state index contributed by atoms with van der Waals surface area (Å²) in [6.45, 7) is 4.05. The molecule has 0 bridgehead atoms. The second-order valence-electron chi connectivity index (χ2n) is 7.92. The number of nitrogens with one attached hydrogen (secondary N) is 1. The molecule has 1 atom stereocenters. The van der Waals surface area contributed by atoms with Crippen LogP contribution in [-0.2, 0) is 16.1 Å². The highest BCUT2D eigenvalue weighted by atomic mass is 16.2. The fourth-order valence-electron chi connectivity index (χ4n) is 4.49. The van der Waals surface area contributed by atoms with Gasteiger partial charge in [0, 0.05) is 50.8 Å². The Morgan fingerprint density at radius 3 is 2.71 bits per heavy atom. The summed E-state index contributed by atoms with van der Waals surface area (Å²) in [6, 6.07) is 0. The average molecular weight is 384 g/mol. The van der Waals surface area contributed by atoms with Crippen molar-refractivity contribution in [1.82, 2.24) is 30.0 Å². The third kappa shape index (κ3) is 3.86. The van der Waals surface area contributed by atoms with Gasteiger partial charge in [-0.15, -0.1) is 0 Å². The van der Waals surface area contributed by atoms with Crippen LogP contribution < -0.4 is 5.32 Å². The molecular formula is C20H28N6O2. The normalized spacial score (nSPS) is 20.6. The van der Waals surface area contributed by atoms with Gasteiger partial charge in [-0.25, -0.2) is 14.6 Å². The van der Waals surface area contributed by atoms with Crippen molar-refractivity contribution in [2.45, 2.75) is 57.9 Å². The molecule has 150 valence electrons. The lowest BCUT2D eigenvalue weighted by Crippen LogP contribution is -2.35. The largest absolute Gasteiger partial charge is 0.354 e. The van der Waals surface area contributed by atoms with Gasteiger partial charge in [-0.05, 0) is 19.3 Å². The SMILES string of the molecule is CC(=O)NCCn1nc([C@H]2CCN(C(=O)C3CCCCC3)C2)c2nccnc21. The van der Waals surface area contributed by atoms with Gasteiger partial charge in [0.15, 0.2) is 5.65 Å². The van der Waals surface area contributed by atoms with Crippen molar-refractivity contribution in [1.29, 1.82) is 0 Å². The first-order valence-electron chi connectivity index (χ1n) is 10.3. The number of hydrogen-bond acceptors (Lipinski definition) is 5. The fraction of sp³-hybridized carbons (Fsp3) is 0.650. The smallest absolute Gasteiger partial charge is 0.225 e. The van der Waals surface area contributed by atoms with E-state index in [4.69, 9.17) is 5.10 Å². The number of amides is 2. The molecule has 2 aromatic rings. The minimum absolute atomic E-state index is 0.0598. The monoisotopic (exact) mass is 384 g/mol. The topological polar surface area (TPSA) is 93.0 Å². The summed E-state index contributed by atoms with van der Waals surface area (Å²) in [7, 11) is 0. The summed E-state index contributed by atoms with van der Waals surface area (Å²) < 4.78 is 1.82. The van der Waals surface area contributed by atoms with Gasteiger partial charge in [0.05, 0.1) is 12.2 Å². The Hall–Kier alpha value is -2.51. The molecule has 0 radical (unpaired) electrons. The summed E-state index contributed by atoms with van der Waals surface area (Å²) in [5, 5.41) is 7.57. The van der Waals surface area contributed by atoms with E-state index in [9.17, 15) is 9.59 Å². The van der Waals surface area contributed by atoms with Crippen LogP contribution in [0.2, 0.25) is 0 Å². The van der Waals surface area contributed by atoms with E-state index in [1.165, 1.54) is 26.2 Å². The third-order valence-electron chi connectivity index (χ3n) is 5.93. The Morgan fingerprint density at radius 2 is 1.93 bits per heavy atom. The molecule has 8 nitrogen and oxygen atoms in total. The number of likely N-dealkylation sites (tertiary alicyclic amines) is 1. The van der Waals surface area contributed by atoms with Crippen molar-refractivity contribution in [3.05, 3.63) is 18.1 Å². The quantitative estimate of drug-likeness (QED) is 0.849. The highest BCUT2D eigenvalue weighted by Crippen LogP contribution is 2.33. The first-order valence-corrected chi connectivity index (χ1v) is 10.3. The predicted molar refractivity (Wildman–Crippen MR) is 105 cm³/mol. The summed E-state index contributed by atoms with van der Waals surface area (Å²) >= 11 is 0. The Labute approximate surface area is 164 Å². The second kappa shape index (κ2) is 8.24. The third-order valence-corrected chi connectivity index (χ3v) is 5.93. The summed E-state index contributed by atoms with van der Waals surface area (Å²) in [4.78, 5) is 35.0. The van der Waals surface area contributed by atoms with Gasteiger partial charge in [-0.3, -0.25) is 9.59 Å². The molecular weight excluding hydrogens is 356 g/mol. The molecule has 4 rings (SSSR count). The molecule has 1 aliphatic carbocycles. The predicted octanol–water partition coefficient (Wildman–Crippen LogP) is 1.86. The van der Waals surface area contributed by atoms with Crippen molar-refractivity contribution in [2.24, 2.45) is 5.92 Å². The lowest BCUT2D eigenvalue weighted by molar-refractivity contribution is -0.135. The first-order chi connectivity index (χ1) is 13.6. The van der Waals surface area contributed by atoms with Crippen LogP contribution >= 0.6 is 0 Å². The van der Waals surface area contributed by atoms with Gasteiger partial charge in [-0.2, -0.15) is 5.10 Å². The number of rotatable bonds is 5. The number of carbonyl (C=O) groups excluding carboxylic acids is 2. The van der Waals surface area contributed by atoms with Gasteiger partial charge >= 0.3 is 0 Å². The molecule has 1 saturated carbocycles. The van der Waals surface area contributed by atoms with Gasteiger partial charge in [0.1, 0.15) is 5.52 Å². The maximum atomic E-state index is 12.9. The van der Waals surface area contributed by atoms with Crippen molar-refractivity contribution in [3.8, 4) is 0 Å². The maximum absolute atomic E-state index is 12.9. The Bertz CT molecular complexity index is 857. The van der Waals surface area contributed by atoms with Crippen molar-refractivity contribution >= 4 is 23.0 Å². The van der Waals surface area contributed by atoms with Crippen LogP contribution in [0.25, 0.3) is 11.2 Å². The molecule has 0 spiro atoms. The van der Waals surface area contributed by atoms with Crippen LogP contribution in [0.5, 0.6) is 0 Å². The Balaban J connectivity index is 1.49. The Morgan fingerprint density at radius 1 is 1.14 bits per heavy atom. The molecule has 2 amide bonds. The van der Waals surface area contributed by atoms with E-state index < -0.39 is 0 Å². The van der Waals surface area contributed by atoms with Crippen LogP contribution in [0.4, 0.5) is 0 Å². The van der Waals surface area contributed by atoms with E-state index >= 15 is 0 Å². The lowest BCUT2D eigenvalue weighted by Gasteiger charge is -2.26. The van der Waals surface area contributed by atoms with Gasteiger partial charge < -0.3 is 10.2 Å². The van der Waals surface area contributed by atoms with E-state index in [0.717, 1.165) is 42.7 Å². The van der Waals surface area contributed by atoms with Crippen molar-refractivity contribution in [2.75, 3.05) is 19.6 Å². The summed E-state index contributed by atoms with van der Waals surface area (Å²) in [5.74, 6) is 0.658. The first kappa shape index (κ1) is 18.8. The Kier molecular flexibility index (Phi) is 5.54. The van der Waals surface area contributed by atoms with Gasteiger partial charge in [-0.1, -0.05) is 19.3 Å². The maximum Gasteiger partial charge on any atom is 0.225 e. The van der Waals surface area contributed by atoms with E-state index in [-0.39, 0.29) is 17.7 Å². The molecule has 1 saturated heterocycles. The zero-order valence-corrected chi connectivity index (χ0v) is 16.4. The molecule has 28 heavy (non-hydrogen) atoms. The van der Waals surface area contributed by atoms with E-state index in [1.807, 2.05) is 9.58 Å². The summed E-state index contributed by atoms with van der Waals surface area (Å²) in [6.07, 6.45) is 9.93. The van der Waals surface area contributed by atoms with Crippen LogP contribution in [0.15, 0.2) is 12.4 Å². The zero-order chi connectivity index (χ0) is 19.5. The molecule has 2 aliphatic rings. The molecule has 1 aliphatic heterocycles. The molecule has 1 N–H and O–H groups in total. The highest BCUT2D eigenvalue weighted by molar-refractivity contribution is 5.80. The van der Waals surface area contributed by atoms with E-state index in [2.05, 4.69) is 15.3 Å². The molecule has 0 aromatic carbocycles. The van der Waals surface area contributed by atoms with Crippen LogP contribution in [0, 0.1) is 5.92 Å². The number of carbonyl (C=O) groups is 2. The molecule has 2 fully saturated rings. The fourth-order valence-corrected chi connectivity index (χ4v) is 4.49. The van der Waals surface area contributed by atoms with Crippen LogP contribution in [-0.4, -0.2) is 56.1 Å². The number of nitrogens with zero attached hydrogens (tertiary/aromatic N) is 5. The van der Waals surface area contributed by atoms with Gasteiger partial charge in [0.25, 0.3) is 0 Å². The molecule has 2 aromatic heterocycles. The zero-order valence-electron chi connectivity index (χ0n) is 16.4. The lowest BCUT2D eigenvalue weighted by atomic mass is 9.88. The van der Waals surface area contributed by atoms with E-state index in [1.54, 1.807) is 12.4 Å². The summed E-state index contributed by atoms with van der Waals surface area (Å²) in [5.41, 5.74) is 2.46. The van der Waals surface area contributed by atoms with Crippen molar-refractivity contribution < 1.29 is 9.59 Å². The van der Waals surface area contributed by atoms with E-state index in [0.29, 0.717) is 25.5 Å². The van der Waals surface area contributed by atoms with Crippen molar-refractivity contribution in [3.63, 3.8) is 0 Å². The molecule has 0 unspecified atom stereocenters. The highest BCUT2D eigenvalue weighted by Gasteiger charge is 2.34. The minimum Gasteiger partial charge on any atom is -0.354 e. The van der Waals surface area contributed by atoms with Crippen LogP contribution in [0.3, 0.4) is 0 Å². The number of aromatic nitrogens is 4.